The Kier molecular flexibility index (Phi) is 4.00. The summed E-state index contributed by atoms with van der Waals surface area (Å²) in [5, 5.41) is 9.46. The van der Waals surface area contributed by atoms with Gasteiger partial charge in [-0.15, -0.1) is 0 Å². The molecule has 0 bridgehead atoms. The van der Waals surface area contributed by atoms with Crippen LogP contribution >= 0.6 is 0 Å². The minimum absolute atomic E-state index is 0.519. The second kappa shape index (κ2) is 5.89. The van der Waals surface area contributed by atoms with Crippen LogP contribution in [0.25, 0.3) is 10.9 Å². The number of nitriles is 1. The van der Waals surface area contributed by atoms with Crippen molar-refractivity contribution in [3.63, 3.8) is 0 Å². The summed E-state index contributed by atoms with van der Waals surface area (Å²) in [7, 11) is 1.87. The summed E-state index contributed by atoms with van der Waals surface area (Å²) < 4.78 is 1.86. The third-order valence-corrected chi connectivity index (χ3v) is 3.07. The van der Waals surface area contributed by atoms with Crippen LogP contribution in [0.1, 0.15) is 35.3 Å². The van der Waals surface area contributed by atoms with Crippen molar-refractivity contribution in [2.24, 2.45) is 7.05 Å². The predicted molar refractivity (Wildman–Crippen MR) is 74.6 cm³/mol. The van der Waals surface area contributed by atoms with Crippen LogP contribution in [-0.4, -0.2) is 10.9 Å². The van der Waals surface area contributed by atoms with Gasteiger partial charge in [0, 0.05) is 30.8 Å². The Hall–Kier alpha value is -2.52. The average Bonchev–Trinajstić information content (AvgIpc) is 2.72. The molecule has 94 valence electrons. The zero-order chi connectivity index (χ0) is 13.7. The minimum Gasteiger partial charge on any atom is -0.340 e. The van der Waals surface area contributed by atoms with Gasteiger partial charge in [-0.2, -0.15) is 5.26 Å². The Balaban J connectivity index is 2.42. The molecule has 0 saturated heterocycles. The van der Waals surface area contributed by atoms with Gasteiger partial charge in [-0.3, -0.25) is 4.79 Å². The van der Waals surface area contributed by atoms with E-state index in [4.69, 9.17) is 5.26 Å². The maximum absolute atomic E-state index is 11.2. The molecule has 19 heavy (non-hydrogen) atoms. The van der Waals surface area contributed by atoms with Crippen LogP contribution in [-0.2, 0) is 7.05 Å². The van der Waals surface area contributed by atoms with Crippen LogP contribution in [0, 0.1) is 23.2 Å². The van der Waals surface area contributed by atoms with E-state index < -0.39 is 0 Å². The summed E-state index contributed by atoms with van der Waals surface area (Å²) in [4.78, 5) is 11.2. The van der Waals surface area contributed by atoms with Crippen molar-refractivity contribution >= 4 is 17.2 Å². The van der Waals surface area contributed by atoms with E-state index in [1.807, 2.05) is 35.9 Å². The smallest absolute Gasteiger partial charge is 0.167 e. The highest BCUT2D eigenvalue weighted by Gasteiger charge is 2.11. The van der Waals surface area contributed by atoms with E-state index >= 15 is 0 Å². The van der Waals surface area contributed by atoms with Crippen molar-refractivity contribution in [1.82, 2.24) is 4.57 Å². The number of carbonyl (C=O) groups excluding carboxylic acids is 1. The molecule has 0 radical (unpaired) electrons. The maximum atomic E-state index is 11.2. The number of hydrogen-bond donors (Lipinski definition) is 0. The molecule has 1 heterocycles. The van der Waals surface area contributed by atoms with Gasteiger partial charge in [-0.25, -0.2) is 0 Å². The summed E-state index contributed by atoms with van der Waals surface area (Å²) in [6, 6.07) is 9.93. The first-order valence-electron chi connectivity index (χ1n) is 6.18. The molecule has 0 amide bonds. The third kappa shape index (κ3) is 2.51. The lowest BCUT2D eigenvalue weighted by Crippen LogP contribution is -1.95. The molecular formula is C16H14N2O. The Labute approximate surface area is 112 Å². The Morgan fingerprint density at radius 2 is 2.11 bits per heavy atom. The van der Waals surface area contributed by atoms with E-state index in [0.717, 1.165) is 29.2 Å². The fourth-order valence-corrected chi connectivity index (χ4v) is 2.09. The first-order valence-corrected chi connectivity index (χ1v) is 6.18. The van der Waals surface area contributed by atoms with Crippen LogP contribution in [0.3, 0.4) is 0 Å². The summed E-state index contributed by atoms with van der Waals surface area (Å²) in [5.41, 5.74) is 2.39. The highest BCUT2D eigenvalue weighted by molar-refractivity contribution is 5.95. The number of aryl methyl sites for hydroxylation is 1. The van der Waals surface area contributed by atoms with E-state index in [1.165, 1.54) is 0 Å². The van der Waals surface area contributed by atoms with Gasteiger partial charge in [0.1, 0.15) is 0 Å². The number of fused-ring (bicyclic) bond motifs is 1. The minimum atomic E-state index is 0.519. The number of unbranched alkanes of at least 4 members (excludes halogenated alkanes) is 2. The Morgan fingerprint density at radius 1 is 1.32 bits per heavy atom. The lowest BCUT2D eigenvalue weighted by molar-refractivity contribution is 0.111. The fourth-order valence-electron chi connectivity index (χ4n) is 2.09. The van der Waals surface area contributed by atoms with Gasteiger partial charge < -0.3 is 4.57 Å². The maximum Gasteiger partial charge on any atom is 0.167 e. The van der Waals surface area contributed by atoms with Gasteiger partial charge in [-0.05, 0) is 12.5 Å². The fraction of sp³-hybridized carbons (Fsp3) is 0.250. The van der Waals surface area contributed by atoms with Gasteiger partial charge >= 0.3 is 0 Å². The molecule has 0 fully saturated rings. The predicted octanol–water partition coefficient (Wildman–Crippen LogP) is 3.04. The topological polar surface area (TPSA) is 45.8 Å². The molecule has 1 aromatic heterocycles. The number of para-hydroxylation sites is 1. The lowest BCUT2D eigenvalue weighted by atomic mass is 10.1. The number of aromatic nitrogens is 1. The van der Waals surface area contributed by atoms with E-state index in [0.29, 0.717) is 18.5 Å². The molecular weight excluding hydrogens is 236 g/mol. The number of rotatable bonds is 3. The van der Waals surface area contributed by atoms with Crippen LogP contribution < -0.4 is 0 Å². The molecule has 0 saturated carbocycles. The van der Waals surface area contributed by atoms with Crippen molar-refractivity contribution in [2.45, 2.75) is 19.3 Å². The molecule has 0 aliphatic heterocycles. The SMILES string of the molecule is Cn1c(C=O)c(C#CCCCC#N)c2ccccc21. The number of carbonyl (C=O) groups is 1. The Morgan fingerprint density at radius 3 is 2.84 bits per heavy atom. The summed E-state index contributed by atoms with van der Waals surface area (Å²) in [6.45, 7) is 0. The van der Waals surface area contributed by atoms with Gasteiger partial charge in [0.2, 0.25) is 0 Å². The van der Waals surface area contributed by atoms with Gasteiger partial charge in [-0.1, -0.05) is 30.0 Å². The van der Waals surface area contributed by atoms with Crippen molar-refractivity contribution < 1.29 is 4.79 Å². The number of aldehydes is 1. The highest BCUT2D eigenvalue weighted by Crippen LogP contribution is 2.23. The first-order chi connectivity index (χ1) is 9.29. The van der Waals surface area contributed by atoms with Crippen molar-refractivity contribution in [2.75, 3.05) is 0 Å². The average molecular weight is 250 g/mol. The number of nitrogens with zero attached hydrogens (tertiary/aromatic N) is 2. The van der Waals surface area contributed by atoms with Crippen LogP contribution in [0.5, 0.6) is 0 Å². The van der Waals surface area contributed by atoms with Crippen LogP contribution in [0.15, 0.2) is 24.3 Å². The molecule has 0 spiro atoms. The number of benzene rings is 1. The van der Waals surface area contributed by atoms with Crippen molar-refractivity contribution in [3.8, 4) is 17.9 Å². The molecule has 3 heteroatoms. The van der Waals surface area contributed by atoms with Gasteiger partial charge in [0.05, 0.1) is 17.3 Å². The second-order valence-electron chi connectivity index (χ2n) is 4.27. The van der Waals surface area contributed by atoms with Crippen molar-refractivity contribution in [3.05, 3.63) is 35.5 Å². The largest absolute Gasteiger partial charge is 0.340 e. The number of hydrogen-bond acceptors (Lipinski definition) is 2. The van der Waals surface area contributed by atoms with Gasteiger partial charge in [0.15, 0.2) is 6.29 Å². The van der Waals surface area contributed by atoms with Crippen LogP contribution in [0.4, 0.5) is 0 Å². The molecule has 1 aromatic carbocycles. The quantitative estimate of drug-likeness (QED) is 0.477. The zero-order valence-corrected chi connectivity index (χ0v) is 10.8. The van der Waals surface area contributed by atoms with E-state index in [1.54, 1.807) is 0 Å². The normalized spacial score (nSPS) is 9.68. The Bertz CT molecular complexity index is 708. The van der Waals surface area contributed by atoms with Crippen LogP contribution in [0.2, 0.25) is 0 Å². The van der Waals surface area contributed by atoms with E-state index in [2.05, 4.69) is 17.9 Å². The lowest BCUT2D eigenvalue weighted by Gasteiger charge is -1.95. The third-order valence-electron chi connectivity index (χ3n) is 3.07. The molecule has 0 aliphatic carbocycles. The molecule has 2 aromatic rings. The molecule has 0 atom stereocenters. The monoisotopic (exact) mass is 250 g/mol. The van der Waals surface area contributed by atoms with E-state index in [9.17, 15) is 4.79 Å². The zero-order valence-electron chi connectivity index (χ0n) is 10.8. The molecule has 0 aliphatic rings. The molecule has 3 nitrogen and oxygen atoms in total. The van der Waals surface area contributed by atoms with E-state index in [-0.39, 0.29) is 0 Å². The summed E-state index contributed by atoms with van der Waals surface area (Å²) >= 11 is 0. The van der Waals surface area contributed by atoms with Crippen molar-refractivity contribution in [1.29, 1.82) is 5.26 Å². The first kappa shape index (κ1) is 12.9. The summed E-state index contributed by atoms with van der Waals surface area (Å²) in [5.74, 6) is 6.12. The standard InChI is InChI=1S/C16H14N2O/c1-18-15-10-6-5-9-13(15)14(16(18)12-19)8-4-2-3-7-11-17/h5-6,9-10,12H,2-3,7H2,1H3. The molecule has 0 N–H and O–H groups in total. The molecule has 0 unspecified atom stereocenters. The second-order valence-corrected chi connectivity index (χ2v) is 4.27. The highest BCUT2D eigenvalue weighted by atomic mass is 16.1. The molecule has 2 rings (SSSR count). The summed E-state index contributed by atoms with van der Waals surface area (Å²) in [6.07, 6.45) is 2.81. The van der Waals surface area contributed by atoms with Gasteiger partial charge in [0.25, 0.3) is 0 Å².